The zero-order chi connectivity index (χ0) is 22.3. The highest BCUT2D eigenvalue weighted by Gasteiger charge is 2.24. The van der Waals surface area contributed by atoms with Crippen LogP contribution in [0.2, 0.25) is 0 Å². The summed E-state index contributed by atoms with van der Waals surface area (Å²) in [5.74, 6) is 1.10. The number of nitrogens with zero attached hydrogens (tertiary/aromatic N) is 3. The SMILES string of the molecule is Cc1cc(N2CCC(CCO)CC2)c2c(C)cn(-c3c(Br)cc(C(C)C)cc3Br)c2n1. The molecule has 1 aromatic carbocycles. The summed E-state index contributed by atoms with van der Waals surface area (Å²) >= 11 is 7.65. The topological polar surface area (TPSA) is 41.3 Å². The largest absolute Gasteiger partial charge is 0.396 e. The summed E-state index contributed by atoms with van der Waals surface area (Å²) in [6.07, 6.45) is 5.40. The summed E-state index contributed by atoms with van der Waals surface area (Å²) in [5, 5.41) is 10.5. The Balaban J connectivity index is 1.81. The van der Waals surface area contributed by atoms with Crippen molar-refractivity contribution in [3.63, 3.8) is 0 Å². The van der Waals surface area contributed by atoms with E-state index in [9.17, 15) is 5.11 Å². The molecule has 3 heterocycles. The van der Waals surface area contributed by atoms with Gasteiger partial charge in [0.2, 0.25) is 0 Å². The van der Waals surface area contributed by atoms with Gasteiger partial charge in [0.1, 0.15) is 5.65 Å². The van der Waals surface area contributed by atoms with E-state index in [0.717, 1.165) is 58.3 Å². The van der Waals surface area contributed by atoms with Crippen LogP contribution in [0.1, 0.15) is 55.8 Å². The van der Waals surface area contributed by atoms with E-state index in [1.165, 1.54) is 22.2 Å². The molecule has 4 nitrogen and oxygen atoms in total. The van der Waals surface area contributed by atoms with Gasteiger partial charge in [0.05, 0.1) is 5.69 Å². The first-order chi connectivity index (χ1) is 14.8. The minimum Gasteiger partial charge on any atom is -0.396 e. The predicted octanol–water partition coefficient (Wildman–Crippen LogP) is 6.89. The fourth-order valence-corrected chi connectivity index (χ4v) is 6.33. The van der Waals surface area contributed by atoms with Crippen molar-refractivity contribution < 1.29 is 5.11 Å². The smallest absolute Gasteiger partial charge is 0.147 e. The van der Waals surface area contributed by atoms with E-state index in [1.54, 1.807) is 0 Å². The molecule has 1 saturated heterocycles. The second kappa shape index (κ2) is 9.24. The average Bonchev–Trinajstić information content (AvgIpc) is 3.03. The van der Waals surface area contributed by atoms with E-state index in [2.05, 4.69) is 93.4 Å². The Labute approximate surface area is 201 Å². The minimum absolute atomic E-state index is 0.296. The standard InChI is InChI=1S/C25H31Br2N3O/c1-15(2)19-12-20(26)24(21(27)13-19)30-14-16(3)23-22(11-17(4)28-25(23)30)29-8-5-18(6-9-29)7-10-31/h11-15,18,31H,5-10H2,1-4H3. The number of aliphatic hydroxyl groups is 1. The van der Waals surface area contributed by atoms with Gasteiger partial charge in [-0.2, -0.15) is 0 Å². The molecule has 3 aromatic rings. The molecule has 2 aromatic heterocycles. The van der Waals surface area contributed by atoms with Crippen molar-refractivity contribution in [2.24, 2.45) is 5.92 Å². The minimum atomic E-state index is 0.296. The van der Waals surface area contributed by atoms with Crippen molar-refractivity contribution in [1.29, 1.82) is 0 Å². The zero-order valence-electron chi connectivity index (χ0n) is 18.8. The highest BCUT2D eigenvalue weighted by Crippen LogP contribution is 2.39. The molecule has 31 heavy (non-hydrogen) atoms. The van der Waals surface area contributed by atoms with Crippen molar-refractivity contribution >= 4 is 48.6 Å². The van der Waals surface area contributed by atoms with Crippen LogP contribution in [0.25, 0.3) is 16.7 Å². The number of benzene rings is 1. The molecule has 6 heteroatoms. The number of aromatic nitrogens is 2. The maximum atomic E-state index is 9.29. The summed E-state index contributed by atoms with van der Waals surface area (Å²) < 4.78 is 4.35. The van der Waals surface area contributed by atoms with Crippen molar-refractivity contribution in [1.82, 2.24) is 9.55 Å². The number of pyridine rings is 1. The van der Waals surface area contributed by atoms with Gasteiger partial charge in [-0.3, -0.25) is 4.57 Å². The van der Waals surface area contributed by atoms with Crippen molar-refractivity contribution in [2.45, 2.75) is 52.9 Å². The van der Waals surface area contributed by atoms with Gasteiger partial charge in [0, 0.05) is 51.6 Å². The number of hydrogen-bond donors (Lipinski definition) is 1. The van der Waals surface area contributed by atoms with Crippen LogP contribution in [0, 0.1) is 19.8 Å². The summed E-state index contributed by atoms with van der Waals surface area (Å²) in [6.45, 7) is 11.1. The van der Waals surface area contributed by atoms with Gasteiger partial charge >= 0.3 is 0 Å². The summed E-state index contributed by atoms with van der Waals surface area (Å²) in [4.78, 5) is 7.48. The molecule has 0 aliphatic carbocycles. The number of aryl methyl sites for hydroxylation is 2. The Hall–Kier alpha value is -1.37. The van der Waals surface area contributed by atoms with Gasteiger partial charge in [0.25, 0.3) is 0 Å². The quantitative estimate of drug-likeness (QED) is 0.377. The molecule has 166 valence electrons. The third-order valence-electron chi connectivity index (χ3n) is 6.49. The maximum Gasteiger partial charge on any atom is 0.147 e. The van der Waals surface area contributed by atoms with E-state index in [0.29, 0.717) is 18.4 Å². The second-order valence-electron chi connectivity index (χ2n) is 9.09. The lowest BCUT2D eigenvalue weighted by Crippen LogP contribution is -2.34. The van der Waals surface area contributed by atoms with E-state index in [1.807, 2.05) is 0 Å². The van der Waals surface area contributed by atoms with E-state index >= 15 is 0 Å². The Morgan fingerprint density at radius 3 is 2.32 bits per heavy atom. The van der Waals surface area contributed by atoms with Crippen LogP contribution in [-0.4, -0.2) is 34.4 Å². The van der Waals surface area contributed by atoms with Crippen LogP contribution in [-0.2, 0) is 0 Å². The van der Waals surface area contributed by atoms with Crippen LogP contribution in [0.5, 0.6) is 0 Å². The molecule has 1 N–H and O–H groups in total. The number of anilines is 1. The average molecular weight is 549 g/mol. The van der Waals surface area contributed by atoms with Crippen LogP contribution in [0.3, 0.4) is 0 Å². The van der Waals surface area contributed by atoms with Gasteiger partial charge in [-0.1, -0.05) is 13.8 Å². The lowest BCUT2D eigenvalue weighted by molar-refractivity contribution is 0.240. The monoisotopic (exact) mass is 547 g/mol. The molecule has 1 aliphatic heterocycles. The number of halogens is 2. The summed E-state index contributed by atoms with van der Waals surface area (Å²) in [6, 6.07) is 6.67. The number of aliphatic hydroxyl groups excluding tert-OH is 1. The molecule has 0 amide bonds. The molecule has 0 atom stereocenters. The third kappa shape index (κ3) is 4.44. The number of rotatable bonds is 5. The molecule has 1 aliphatic rings. The van der Waals surface area contributed by atoms with Gasteiger partial charge < -0.3 is 10.0 Å². The van der Waals surface area contributed by atoms with Crippen molar-refractivity contribution in [2.75, 3.05) is 24.6 Å². The lowest BCUT2D eigenvalue weighted by atomic mass is 9.93. The highest BCUT2D eigenvalue weighted by atomic mass is 79.9. The number of hydrogen-bond acceptors (Lipinski definition) is 3. The first-order valence-electron chi connectivity index (χ1n) is 11.1. The van der Waals surface area contributed by atoms with Crippen LogP contribution >= 0.6 is 31.9 Å². The molecule has 4 rings (SSSR count). The second-order valence-corrected chi connectivity index (χ2v) is 10.8. The maximum absolute atomic E-state index is 9.29. The Morgan fingerprint density at radius 2 is 1.74 bits per heavy atom. The summed E-state index contributed by atoms with van der Waals surface area (Å²) in [5.41, 5.74) is 6.95. The summed E-state index contributed by atoms with van der Waals surface area (Å²) in [7, 11) is 0. The fraction of sp³-hybridized carbons (Fsp3) is 0.480. The third-order valence-corrected chi connectivity index (χ3v) is 7.70. The lowest BCUT2D eigenvalue weighted by Gasteiger charge is -2.34. The molecule has 0 radical (unpaired) electrons. The predicted molar refractivity (Wildman–Crippen MR) is 137 cm³/mol. The molecule has 0 spiro atoms. The molecular weight excluding hydrogens is 518 g/mol. The van der Waals surface area contributed by atoms with Crippen molar-refractivity contribution in [3.8, 4) is 5.69 Å². The normalized spacial score (nSPS) is 15.4. The molecule has 0 saturated carbocycles. The zero-order valence-corrected chi connectivity index (χ0v) is 21.9. The van der Waals surface area contributed by atoms with E-state index < -0.39 is 0 Å². The first kappa shape index (κ1) is 22.8. The number of fused-ring (bicyclic) bond motifs is 1. The van der Waals surface area contributed by atoms with Gasteiger partial charge in [-0.15, -0.1) is 0 Å². The van der Waals surface area contributed by atoms with Gasteiger partial charge in [-0.05, 0) is 106 Å². The van der Waals surface area contributed by atoms with Gasteiger partial charge in [-0.25, -0.2) is 4.98 Å². The first-order valence-corrected chi connectivity index (χ1v) is 12.7. The Bertz CT molecular complexity index is 1070. The Morgan fingerprint density at radius 1 is 1.10 bits per heavy atom. The highest BCUT2D eigenvalue weighted by molar-refractivity contribution is 9.11. The molecular formula is C25H31Br2N3O. The fourth-order valence-electron chi connectivity index (χ4n) is 4.73. The Kier molecular flexibility index (Phi) is 6.80. The van der Waals surface area contributed by atoms with Crippen LogP contribution in [0.15, 0.2) is 33.3 Å². The molecule has 0 unspecified atom stereocenters. The molecule has 1 fully saturated rings. The van der Waals surface area contributed by atoms with Crippen LogP contribution < -0.4 is 4.90 Å². The van der Waals surface area contributed by atoms with E-state index in [-0.39, 0.29) is 0 Å². The van der Waals surface area contributed by atoms with E-state index in [4.69, 9.17) is 4.98 Å². The number of piperidine rings is 1. The molecule has 0 bridgehead atoms. The van der Waals surface area contributed by atoms with Gasteiger partial charge in [0.15, 0.2) is 0 Å². The van der Waals surface area contributed by atoms with Crippen LogP contribution in [0.4, 0.5) is 5.69 Å². The van der Waals surface area contributed by atoms with Crippen molar-refractivity contribution in [3.05, 3.63) is 50.2 Å².